The zero-order valence-corrected chi connectivity index (χ0v) is 18.6. The van der Waals surface area contributed by atoms with Crippen LogP contribution in [0.25, 0.3) is 0 Å². The number of alkyl halides is 3. The molecule has 0 bridgehead atoms. The van der Waals surface area contributed by atoms with Crippen LogP contribution in [0.15, 0.2) is 18.2 Å². The van der Waals surface area contributed by atoms with Crippen LogP contribution in [0.5, 0.6) is 0 Å². The van der Waals surface area contributed by atoms with E-state index in [2.05, 4.69) is 10.1 Å². The van der Waals surface area contributed by atoms with E-state index in [0.717, 1.165) is 37.8 Å². The van der Waals surface area contributed by atoms with Crippen molar-refractivity contribution in [3.8, 4) is 0 Å². The van der Waals surface area contributed by atoms with Gasteiger partial charge in [-0.2, -0.15) is 13.2 Å². The normalized spacial score (nSPS) is 19.5. The summed E-state index contributed by atoms with van der Waals surface area (Å²) in [7, 11) is 2.89. The Hall–Kier alpha value is -2.45. The first-order valence-electron chi connectivity index (χ1n) is 10.3. The first kappa shape index (κ1) is 24.8. The molecular formula is C22H31F3N2O4. The standard InChI is InChI=1S/C22H31F3N2O4/c1-21(2,3)31-20(29)27(4)16-9-6-14(7-10-16)13-26-18-12-15(19(28)30-5)8-11-17(18)22(23,24)25/h8,11-12,14,16,26H,6-7,9-10,13H2,1-5H3. The number of anilines is 1. The third-order valence-corrected chi connectivity index (χ3v) is 5.37. The number of benzene rings is 1. The summed E-state index contributed by atoms with van der Waals surface area (Å²) < 4.78 is 50.1. The van der Waals surface area contributed by atoms with Gasteiger partial charge in [0.25, 0.3) is 0 Å². The van der Waals surface area contributed by atoms with E-state index in [4.69, 9.17) is 4.74 Å². The lowest BCUT2D eigenvalue weighted by Gasteiger charge is -2.35. The first-order chi connectivity index (χ1) is 14.3. The van der Waals surface area contributed by atoms with Crippen molar-refractivity contribution in [2.24, 2.45) is 5.92 Å². The number of hydrogen-bond acceptors (Lipinski definition) is 5. The molecule has 6 nitrogen and oxygen atoms in total. The molecule has 1 aromatic rings. The van der Waals surface area contributed by atoms with Crippen molar-refractivity contribution in [3.05, 3.63) is 29.3 Å². The number of carbonyl (C=O) groups is 2. The van der Waals surface area contributed by atoms with Crippen molar-refractivity contribution in [1.82, 2.24) is 4.90 Å². The number of halogens is 3. The molecule has 1 aromatic carbocycles. The van der Waals surface area contributed by atoms with Gasteiger partial charge in [-0.3, -0.25) is 0 Å². The molecule has 1 amide bonds. The molecule has 1 N–H and O–H groups in total. The van der Waals surface area contributed by atoms with Crippen molar-refractivity contribution in [2.75, 3.05) is 26.0 Å². The van der Waals surface area contributed by atoms with Crippen LogP contribution in [0.4, 0.5) is 23.7 Å². The van der Waals surface area contributed by atoms with E-state index >= 15 is 0 Å². The zero-order chi connectivity index (χ0) is 23.4. The Kier molecular flexibility index (Phi) is 7.83. The molecular weight excluding hydrogens is 413 g/mol. The molecule has 9 heteroatoms. The molecule has 0 radical (unpaired) electrons. The summed E-state index contributed by atoms with van der Waals surface area (Å²) in [5.74, 6) is -0.534. The number of esters is 1. The van der Waals surface area contributed by atoms with Gasteiger partial charge >= 0.3 is 18.2 Å². The largest absolute Gasteiger partial charge is 0.465 e. The van der Waals surface area contributed by atoms with Crippen molar-refractivity contribution < 1.29 is 32.2 Å². The van der Waals surface area contributed by atoms with Gasteiger partial charge < -0.3 is 19.7 Å². The molecule has 0 aromatic heterocycles. The fraction of sp³-hybridized carbons (Fsp3) is 0.636. The Morgan fingerprint density at radius 2 is 1.74 bits per heavy atom. The van der Waals surface area contributed by atoms with Crippen molar-refractivity contribution in [1.29, 1.82) is 0 Å². The predicted molar refractivity (Wildman–Crippen MR) is 111 cm³/mol. The van der Waals surface area contributed by atoms with Crippen molar-refractivity contribution in [2.45, 2.75) is 64.3 Å². The molecule has 2 rings (SSSR count). The number of ether oxygens (including phenoxy) is 2. The molecule has 0 saturated heterocycles. The SMILES string of the molecule is COC(=O)c1ccc(C(F)(F)F)c(NCC2CCC(N(C)C(=O)OC(C)(C)C)CC2)c1. The molecule has 0 unspecified atom stereocenters. The summed E-state index contributed by atoms with van der Waals surface area (Å²) in [5, 5.41) is 2.87. The van der Waals surface area contributed by atoms with Crippen LogP contribution in [0.3, 0.4) is 0 Å². The summed E-state index contributed by atoms with van der Waals surface area (Å²) in [6.07, 6.45) is -1.88. The highest BCUT2D eigenvalue weighted by Gasteiger charge is 2.34. The maximum absolute atomic E-state index is 13.4. The van der Waals surface area contributed by atoms with E-state index in [0.29, 0.717) is 6.54 Å². The Morgan fingerprint density at radius 1 is 1.13 bits per heavy atom. The smallest absolute Gasteiger partial charge is 0.418 e. The minimum Gasteiger partial charge on any atom is -0.465 e. The van der Waals surface area contributed by atoms with E-state index in [1.807, 2.05) is 20.8 Å². The molecule has 1 aliphatic rings. The van der Waals surface area contributed by atoms with E-state index in [-0.39, 0.29) is 29.3 Å². The number of methoxy groups -OCH3 is 1. The Bertz CT molecular complexity index is 782. The lowest BCUT2D eigenvalue weighted by molar-refractivity contribution is -0.137. The fourth-order valence-corrected chi connectivity index (χ4v) is 3.66. The van der Waals surface area contributed by atoms with E-state index < -0.39 is 23.3 Å². The minimum absolute atomic E-state index is 0.0412. The molecule has 174 valence electrons. The molecule has 1 saturated carbocycles. The molecule has 0 aliphatic heterocycles. The number of amides is 1. The van der Waals surface area contributed by atoms with Gasteiger partial charge in [0, 0.05) is 25.3 Å². The number of carbonyl (C=O) groups excluding carboxylic acids is 2. The lowest BCUT2D eigenvalue weighted by Crippen LogP contribution is -2.42. The third kappa shape index (κ3) is 7.04. The first-order valence-corrected chi connectivity index (χ1v) is 10.3. The Morgan fingerprint density at radius 3 is 2.26 bits per heavy atom. The molecule has 0 atom stereocenters. The Labute approximate surface area is 181 Å². The summed E-state index contributed by atoms with van der Waals surface area (Å²) in [4.78, 5) is 25.5. The van der Waals surface area contributed by atoms with Gasteiger partial charge in [0.2, 0.25) is 0 Å². The van der Waals surface area contributed by atoms with Crippen molar-refractivity contribution in [3.63, 3.8) is 0 Å². The summed E-state index contributed by atoms with van der Waals surface area (Å²) in [5.41, 5.74) is -1.47. The monoisotopic (exact) mass is 444 g/mol. The second kappa shape index (κ2) is 9.78. The quantitative estimate of drug-likeness (QED) is 0.622. The second-order valence-electron chi connectivity index (χ2n) is 8.90. The van der Waals surface area contributed by atoms with Gasteiger partial charge in [-0.1, -0.05) is 0 Å². The summed E-state index contributed by atoms with van der Waals surface area (Å²) >= 11 is 0. The zero-order valence-electron chi connectivity index (χ0n) is 18.6. The Balaban J connectivity index is 1.98. The minimum atomic E-state index is -4.54. The number of rotatable bonds is 5. The van der Waals surface area contributed by atoms with Crippen LogP contribution >= 0.6 is 0 Å². The average molecular weight is 444 g/mol. The van der Waals surface area contributed by atoms with Gasteiger partial charge in [-0.05, 0) is 70.6 Å². The molecule has 31 heavy (non-hydrogen) atoms. The highest BCUT2D eigenvalue weighted by atomic mass is 19.4. The van der Waals surface area contributed by atoms with Gasteiger partial charge in [-0.25, -0.2) is 9.59 Å². The molecule has 1 fully saturated rings. The van der Waals surface area contributed by atoms with Crippen LogP contribution in [0.2, 0.25) is 0 Å². The average Bonchev–Trinajstić information content (AvgIpc) is 2.69. The lowest BCUT2D eigenvalue weighted by atomic mass is 9.85. The summed E-state index contributed by atoms with van der Waals surface area (Å²) in [6, 6.07) is 3.22. The number of nitrogens with one attached hydrogen (secondary N) is 1. The number of hydrogen-bond donors (Lipinski definition) is 1. The van der Waals surface area contributed by atoms with Crippen LogP contribution in [0.1, 0.15) is 62.4 Å². The van der Waals surface area contributed by atoms with Gasteiger partial charge in [0.05, 0.1) is 18.2 Å². The topological polar surface area (TPSA) is 67.9 Å². The van der Waals surface area contributed by atoms with Gasteiger partial charge in [0.1, 0.15) is 5.60 Å². The van der Waals surface area contributed by atoms with Crippen LogP contribution in [-0.2, 0) is 15.7 Å². The highest BCUT2D eigenvalue weighted by Crippen LogP contribution is 2.36. The van der Waals surface area contributed by atoms with E-state index in [1.54, 1.807) is 11.9 Å². The van der Waals surface area contributed by atoms with Crippen LogP contribution < -0.4 is 5.32 Å². The van der Waals surface area contributed by atoms with Crippen LogP contribution in [-0.4, -0.2) is 49.3 Å². The highest BCUT2D eigenvalue weighted by molar-refractivity contribution is 5.90. The van der Waals surface area contributed by atoms with Gasteiger partial charge in [0.15, 0.2) is 0 Å². The summed E-state index contributed by atoms with van der Waals surface area (Å²) in [6.45, 7) is 5.78. The predicted octanol–water partition coefficient (Wildman–Crippen LogP) is 5.33. The molecule has 0 spiro atoms. The van der Waals surface area contributed by atoms with E-state index in [9.17, 15) is 22.8 Å². The van der Waals surface area contributed by atoms with Gasteiger partial charge in [-0.15, -0.1) is 0 Å². The maximum Gasteiger partial charge on any atom is 0.418 e. The maximum atomic E-state index is 13.4. The fourth-order valence-electron chi connectivity index (χ4n) is 3.66. The molecule has 1 aliphatic carbocycles. The molecule has 0 heterocycles. The van der Waals surface area contributed by atoms with Crippen molar-refractivity contribution >= 4 is 17.7 Å². The third-order valence-electron chi connectivity index (χ3n) is 5.37. The van der Waals surface area contributed by atoms with Crippen LogP contribution in [0, 0.1) is 5.92 Å². The van der Waals surface area contributed by atoms with E-state index in [1.165, 1.54) is 13.2 Å². The number of nitrogens with zero attached hydrogens (tertiary/aromatic N) is 1. The second-order valence-corrected chi connectivity index (χ2v) is 8.90.